The average Bonchev–Trinajstić information content (AvgIpc) is 2.19. The lowest BCUT2D eigenvalue weighted by Gasteiger charge is -2.11. The van der Waals surface area contributed by atoms with Gasteiger partial charge in [-0.1, -0.05) is 31.9 Å². The second-order valence-electron chi connectivity index (χ2n) is 2.67. The van der Waals surface area contributed by atoms with Crippen LogP contribution in [0.3, 0.4) is 0 Å². The Balaban J connectivity index is 3.05. The van der Waals surface area contributed by atoms with Crippen molar-refractivity contribution in [3.63, 3.8) is 0 Å². The molecule has 0 bridgehead atoms. The largest absolute Gasteiger partial charge is 0.468 e. The van der Waals surface area contributed by atoms with Crippen LogP contribution < -0.4 is 5.73 Å². The van der Waals surface area contributed by atoms with Crippen LogP contribution in [0.25, 0.3) is 0 Å². The predicted octanol–water partition coefficient (Wildman–Crippen LogP) is 2.38. The van der Waals surface area contributed by atoms with Crippen LogP contribution in [0.5, 0.6) is 0 Å². The number of benzene rings is 1. The van der Waals surface area contributed by atoms with Gasteiger partial charge in [0.15, 0.2) is 0 Å². The van der Waals surface area contributed by atoms with Crippen molar-refractivity contribution in [1.82, 2.24) is 0 Å². The van der Waals surface area contributed by atoms with Crippen molar-refractivity contribution in [3.8, 4) is 0 Å². The smallest absolute Gasteiger partial charge is 0.327 e. The number of nitrogens with two attached hydrogens (primary N) is 1. The van der Waals surface area contributed by atoms with Crippen molar-refractivity contribution in [2.45, 2.75) is 6.04 Å². The number of carbonyl (C=O) groups is 1. The number of carbonyl (C=O) groups excluding carboxylic acids is 1. The molecule has 1 atom stereocenters. The minimum Gasteiger partial charge on any atom is -0.468 e. The second-order valence-corrected chi connectivity index (χ2v) is 4.44. The molecule has 3 nitrogen and oxygen atoms in total. The lowest BCUT2D eigenvalue weighted by Crippen LogP contribution is -2.22. The summed E-state index contributed by atoms with van der Waals surface area (Å²) in [5, 5.41) is 0. The lowest BCUT2D eigenvalue weighted by atomic mass is 10.1. The van der Waals surface area contributed by atoms with E-state index < -0.39 is 12.0 Å². The topological polar surface area (TPSA) is 52.3 Å². The summed E-state index contributed by atoms with van der Waals surface area (Å²) < 4.78 is 6.22. The Labute approximate surface area is 98.9 Å². The molecule has 2 N–H and O–H groups in total. The van der Waals surface area contributed by atoms with Crippen LogP contribution in [0.2, 0.25) is 0 Å². The number of esters is 1. The van der Waals surface area contributed by atoms with E-state index in [1.165, 1.54) is 7.11 Å². The maximum atomic E-state index is 11.2. The highest BCUT2D eigenvalue weighted by molar-refractivity contribution is 9.11. The molecule has 0 unspecified atom stereocenters. The molecule has 1 aromatic rings. The molecular weight excluding hydrogens is 314 g/mol. The Morgan fingerprint density at radius 2 is 2.14 bits per heavy atom. The minimum atomic E-state index is -0.758. The van der Waals surface area contributed by atoms with Crippen LogP contribution in [-0.2, 0) is 9.53 Å². The highest BCUT2D eigenvalue weighted by Crippen LogP contribution is 2.26. The zero-order valence-electron chi connectivity index (χ0n) is 7.46. The second kappa shape index (κ2) is 4.91. The number of halogens is 2. The fourth-order valence-corrected chi connectivity index (χ4v) is 1.88. The average molecular weight is 323 g/mol. The molecule has 5 heteroatoms. The van der Waals surface area contributed by atoms with Gasteiger partial charge < -0.3 is 10.5 Å². The van der Waals surface area contributed by atoms with Gasteiger partial charge in [0.2, 0.25) is 0 Å². The number of hydrogen-bond donors (Lipinski definition) is 1. The van der Waals surface area contributed by atoms with Crippen molar-refractivity contribution in [2.75, 3.05) is 7.11 Å². The molecule has 14 heavy (non-hydrogen) atoms. The first-order chi connectivity index (χ1) is 6.56. The first-order valence-electron chi connectivity index (χ1n) is 3.84. The minimum absolute atomic E-state index is 0.455. The molecule has 0 aromatic heterocycles. The van der Waals surface area contributed by atoms with Gasteiger partial charge >= 0.3 is 5.97 Å². The molecule has 0 aliphatic carbocycles. The van der Waals surface area contributed by atoms with E-state index in [9.17, 15) is 4.79 Å². The number of methoxy groups -OCH3 is 1. The molecule has 1 aromatic carbocycles. The summed E-state index contributed by atoms with van der Waals surface area (Å²) in [6.45, 7) is 0. The molecule has 0 heterocycles. The fourth-order valence-electron chi connectivity index (χ4n) is 1.01. The summed E-state index contributed by atoms with van der Waals surface area (Å²) in [6, 6.07) is 4.71. The third-order valence-corrected chi connectivity index (χ3v) is 2.96. The molecule has 0 aliphatic heterocycles. The van der Waals surface area contributed by atoms with Gasteiger partial charge in [0.05, 0.1) is 7.11 Å². The van der Waals surface area contributed by atoms with Crippen molar-refractivity contribution in [2.24, 2.45) is 5.73 Å². The Kier molecular flexibility index (Phi) is 4.10. The molecule has 0 fully saturated rings. The Morgan fingerprint density at radius 3 is 2.71 bits per heavy atom. The third-order valence-electron chi connectivity index (χ3n) is 1.75. The van der Waals surface area contributed by atoms with E-state index in [4.69, 9.17) is 5.73 Å². The van der Waals surface area contributed by atoms with E-state index in [1.807, 2.05) is 12.1 Å². The van der Waals surface area contributed by atoms with E-state index in [0.29, 0.717) is 5.56 Å². The van der Waals surface area contributed by atoms with Gasteiger partial charge in [-0.3, -0.25) is 4.79 Å². The van der Waals surface area contributed by atoms with Gasteiger partial charge in [-0.25, -0.2) is 0 Å². The van der Waals surface area contributed by atoms with Gasteiger partial charge in [-0.2, -0.15) is 0 Å². The van der Waals surface area contributed by atoms with Gasteiger partial charge in [-0.05, 0) is 23.8 Å². The molecule has 0 saturated heterocycles. The van der Waals surface area contributed by atoms with Crippen molar-refractivity contribution >= 4 is 37.8 Å². The van der Waals surface area contributed by atoms with Crippen molar-refractivity contribution in [1.29, 1.82) is 0 Å². The number of ether oxygens (including phenoxy) is 1. The van der Waals surface area contributed by atoms with Crippen LogP contribution in [0.4, 0.5) is 0 Å². The van der Waals surface area contributed by atoms with Gasteiger partial charge in [-0.15, -0.1) is 0 Å². The SMILES string of the molecule is COC(=O)[C@@H](N)c1cc(Br)ccc1Br. The first-order valence-corrected chi connectivity index (χ1v) is 5.43. The van der Waals surface area contributed by atoms with E-state index in [0.717, 1.165) is 8.95 Å². The zero-order chi connectivity index (χ0) is 10.7. The lowest BCUT2D eigenvalue weighted by molar-refractivity contribution is -0.142. The van der Waals surface area contributed by atoms with Crippen molar-refractivity contribution < 1.29 is 9.53 Å². The third kappa shape index (κ3) is 2.56. The van der Waals surface area contributed by atoms with Gasteiger partial charge in [0.25, 0.3) is 0 Å². The summed E-state index contributed by atoms with van der Waals surface area (Å²) >= 11 is 6.63. The van der Waals surface area contributed by atoms with Crippen LogP contribution in [0.1, 0.15) is 11.6 Å². The quantitative estimate of drug-likeness (QED) is 0.851. The molecule has 0 radical (unpaired) electrons. The number of rotatable bonds is 2. The highest BCUT2D eigenvalue weighted by Gasteiger charge is 2.18. The molecule has 0 aliphatic rings. The summed E-state index contributed by atoms with van der Waals surface area (Å²) in [4.78, 5) is 11.2. The molecular formula is C9H9Br2NO2. The summed E-state index contributed by atoms with van der Waals surface area (Å²) in [7, 11) is 1.31. The monoisotopic (exact) mass is 321 g/mol. The van der Waals surface area contributed by atoms with Gasteiger partial charge in [0.1, 0.15) is 6.04 Å². The van der Waals surface area contributed by atoms with E-state index >= 15 is 0 Å². The van der Waals surface area contributed by atoms with Crippen LogP contribution in [-0.4, -0.2) is 13.1 Å². The standard InChI is InChI=1S/C9H9Br2NO2/c1-14-9(13)8(12)6-4-5(10)2-3-7(6)11/h2-4,8H,12H2,1H3/t8-/m0/s1. The van der Waals surface area contributed by atoms with Crippen LogP contribution in [0, 0.1) is 0 Å². The number of hydrogen-bond acceptors (Lipinski definition) is 3. The summed E-state index contributed by atoms with van der Waals surface area (Å²) in [5.74, 6) is -0.455. The van der Waals surface area contributed by atoms with E-state index in [-0.39, 0.29) is 0 Å². The highest BCUT2D eigenvalue weighted by atomic mass is 79.9. The molecule has 1 rings (SSSR count). The molecule has 0 amide bonds. The summed E-state index contributed by atoms with van der Waals surface area (Å²) in [6.07, 6.45) is 0. The van der Waals surface area contributed by atoms with E-state index in [1.54, 1.807) is 6.07 Å². The molecule has 0 spiro atoms. The first kappa shape index (κ1) is 11.7. The Bertz CT molecular complexity index is 355. The Morgan fingerprint density at radius 1 is 1.50 bits per heavy atom. The van der Waals surface area contributed by atoms with E-state index in [2.05, 4.69) is 36.6 Å². The molecule has 0 saturated carbocycles. The normalized spacial score (nSPS) is 12.3. The van der Waals surface area contributed by atoms with Gasteiger partial charge in [0, 0.05) is 8.95 Å². The maximum Gasteiger partial charge on any atom is 0.327 e. The summed E-state index contributed by atoms with van der Waals surface area (Å²) in [5.41, 5.74) is 6.39. The molecule has 76 valence electrons. The van der Waals surface area contributed by atoms with Crippen LogP contribution >= 0.6 is 31.9 Å². The zero-order valence-corrected chi connectivity index (χ0v) is 10.6. The predicted molar refractivity (Wildman–Crippen MR) is 60.8 cm³/mol. The Hall–Kier alpha value is -0.390. The van der Waals surface area contributed by atoms with Crippen molar-refractivity contribution in [3.05, 3.63) is 32.7 Å². The van der Waals surface area contributed by atoms with Crippen LogP contribution in [0.15, 0.2) is 27.1 Å². The maximum absolute atomic E-state index is 11.2. The fraction of sp³-hybridized carbons (Fsp3) is 0.222.